The van der Waals surface area contributed by atoms with Gasteiger partial charge in [-0.15, -0.1) is 0 Å². The fourth-order valence-corrected chi connectivity index (χ4v) is 4.84. The third kappa shape index (κ3) is 5.21. The first-order valence-electron chi connectivity index (χ1n) is 9.44. The molecular formula is C21H24N2O5S. The molecule has 1 aliphatic rings. The van der Waals surface area contributed by atoms with Crippen LogP contribution in [0.2, 0.25) is 0 Å². The van der Waals surface area contributed by atoms with E-state index in [-0.39, 0.29) is 11.4 Å². The minimum Gasteiger partial charge on any atom is -0.454 e. The van der Waals surface area contributed by atoms with E-state index < -0.39 is 34.5 Å². The average molecular weight is 416 g/mol. The molecule has 1 fully saturated rings. The molecule has 1 saturated heterocycles. The van der Waals surface area contributed by atoms with Gasteiger partial charge in [0.1, 0.15) is 6.04 Å². The van der Waals surface area contributed by atoms with Crippen LogP contribution in [0.25, 0.3) is 0 Å². The molecule has 29 heavy (non-hydrogen) atoms. The summed E-state index contributed by atoms with van der Waals surface area (Å²) >= 11 is 0. The van der Waals surface area contributed by atoms with E-state index in [1.165, 1.54) is 16.4 Å². The number of hydrogen-bond donors (Lipinski definition) is 1. The highest BCUT2D eigenvalue weighted by Gasteiger charge is 2.40. The minimum atomic E-state index is -3.80. The maximum absolute atomic E-state index is 12.9. The van der Waals surface area contributed by atoms with Gasteiger partial charge >= 0.3 is 5.97 Å². The van der Waals surface area contributed by atoms with E-state index in [1.807, 2.05) is 37.3 Å². The van der Waals surface area contributed by atoms with Crippen LogP contribution in [0.1, 0.15) is 24.0 Å². The third-order valence-electron chi connectivity index (χ3n) is 4.78. The Labute approximate surface area is 170 Å². The molecule has 0 aromatic heterocycles. The summed E-state index contributed by atoms with van der Waals surface area (Å²) in [6.45, 7) is 2.00. The summed E-state index contributed by atoms with van der Waals surface area (Å²) in [5.74, 6) is -1.14. The number of benzene rings is 2. The second-order valence-electron chi connectivity index (χ2n) is 6.96. The Morgan fingerprint density at radius 1 is 1.10 bits per heavy atom. The number of sulfonamides is 1. The number of carbonyl (C=O) groups is 2. The molecule has 0 bridgehead atoms. The molecule has 1 amide bonds. The first-order chi connectivity index (χ1) is 13.9. The fourth-order valence-electron chi connectivity index (χ4n) is 3.19. The molecule has 0 spiro atoms. The van der Waals surface area contributed by atoms with E-state index in [9.17, 15) is 18.0 Å². The smallest absolute Gasteiger partial charge is 0.324 e. The Morgan fingerprint density at radius 3 is 2.48 bits per heavy atom. The number of ether oxygens (including phenoxy) is 1. The van der Waals surface area contributed by atoms with Gasteiger partial charge in [0.2, 0.25) is 10.0 Å². The first-order valence-corrected chi connectivity index (χ1v) is 10.9. The van der Waals surface area contributed by atoms with Gasteiger partial charge in [-0.2, -0.15) is 4.31 Å². The summed E-state index contributed by atoms with van der Waals surface area (Å²) in [5, 5.41) is 2.67. The number of hydrogen-bond acceptors (Lipinski definition) is 5. The number of esters is 1. The standard InChI is InChI=1S/C21H24N2O5S/c1-16-9-11-18(12-10-16)29(26,27)23-13-5-8-19(23)21(25)28-15-20(24)22-14-17-6-3-2-4-7-17/h2-4,6-7,9-12,19H,5,8,13-15H2,1H3,(H,22,24). The number of aryl methyl sites for hydroxylation is 1. The van der Waals surface area contributed by atoms with Crippen LogP contribution < -0.4 is 5.32 Å². The third-order valence-corrected chi connectivity index (χ3v) is 6.70. The van der Waals surface area contributed by atoms with Crippen molar-refractivity contribution in [3.8, 4) is 0 Å². The van der Waals surface area contributed by atoms with Gasteiger partial charge in [-0.05, 0) is 37.5 Å². The van der Waals surface area contributed by atoms with Crippen molar-refractivity contribution >= 4 is 21.9 Å². The van der Waals surface area contributed by atoms with Crippen LogP contribution in [0.15, 0.2) is 59.5 Å². The molecule has 1 aliphatic heterocycles. The van der Waals surface area contributed by atoms with E-state index in [0.29, 0.717) is 19.4 Å². The second kappa shape index (κ2) is 9.19. The number of carbonyl (C=O) groups excluding carboxylic acids is 2. The van der Waals surface area contributed by atoms with Crippen molar-refractivity contribution in [3.05, 3.63) is 65.7 Å². The predicted octanol–water partition coefficient (Wildman–Crippen LogP) is 2.01. The zero-order chi connectivity index (χ0) is 20.9. The van der Waals surface area contributed by atoms with Crippen LogP contribution in [0, 0.1) is 6.92 Å². The van der Waals surface area contributed by atoms with Crippen LogP contribution in [0.4, 0.5) is 0 Å². The largest absolute Gasteiger partial charge is 0.454 e. The molecule has 8 heteroatoms. The molecule has 1 N–H and O–H groups in total. The Balaban J connectivity index is 1.57. The van der Waals surface area contributed by atoms with E-state index in [1.54, 1.807) is 12.1 Å². The lowest BCUT2D eigenvalue weighted by atomic mass is 10.2. The Kier molecular flexibility index (Phi) is 6.66. The number of amides is 1. The molecule has 3 rings (SSSR count). The number of rotatable bonds is 7. The molecule has 0 saturated carbocycles. The van der Waals surface area contributed by atoms with Gasteiger partial charge in [-0.3, -0.25) is 9.59 Å². The maximum atomic E-state index is 12.9. The van der Waals surface area contributed by atoms with E-state index in [4.69, 9.17) is 4.74 Å². The molecule has 2 aromatic carbocycles. The molecule has 1 atom stereocenters. The summed E-state index contributed by atoms with van der Waals surface area (Å²) in [5.41, 5.74) is 1.88. The maximum Gasteiger partial charge on any atom is 0.324 e. The fraction of sp³-hybridized carbons (Fsp3) is 0.333. The summed E-state index contributed by atoms with van der Waals surface area (Å²) in [6.07, 6.45) is 0.931. The highest BCUT2D eigenvalue weighted by Crippen LogP contribution is 2.27. The molecule has 154 valence electrons. The molecule has 7 nitrogen and oxygen atoms in total. The van der Waals surface area contributed by atoms with Crippen molar-refractivity contribution < 1.29 is 22.7 Å². The Bertz CT molecular complexity index is 958. The first kappa shape index (κ1) is 21.0. The molecule has 0 aliphatic carbocycles. The van der Waals surface area contributed by atoms with Gasteiger partial charge in [0, 0.05) is 13.1 Å². The lowest BCUT2D eigenvalue weighted by Crippen LogP contribution is -2.42. The normalized spacial score (nSPS) is 17.1. The quantitative estimate of drug-likeness (QED) is 0.697. The number of nitrogens with one attached hydrogen (secondary N) is 1. The highest BCUT2D eigenvalue weighted by atomic mass is 32.2. The van der Waals surface area contributed by atoms with Crippen LogP contribution >= 0.6 is 0 Å². The topological polar surface area (TPSA) is 92.8 Å². The summed E-state index contributed by atoms with van der Waals surface area (Å²) in [4.78, 5) is 24.5. The zero-order valence-corrected chi connectivity index (χ0v) is 17.0. The van der Waals surface area contributed by atoms with Gasteiger partial charge in [0.15, 0.2) is 6.61 Å². The van der Waals surface area contributed by atoms with Gasteiger partial charge in [-0.25, -0.2) is 8.42 Å². The van der Waals surface area contributed by atoms with E-state index in [2.05, 4.69) is 5.32 Å². The summed E-state index contributed by atoms with van der Waals surface area (Å²) in [6, 6.07) is 14.9. The Hall–Kier alpha value is -2.71. The van der Waals surface area contributed by atoms with Crippen molar-refractivity contribution in [3.63, 3.8) is 0 Å². The van der Waals surface area contributed by atoms with Crippen molar-refractivity contribution in [1.82, 2.24) is 9.62 Å². The van der Waals surface area contributed by atoms with Crippen LogP contribution in [-0.2, 0) is 30.9 Å². The van der Waals surface area contributed by atoms with Crippen LogP contribution in [0.5, 0.6) is 0 Å². The zero-order valence-electron chi connectivity index (χ0n) is 16.2. The SMILES string of the molecule is Cc1ccc(S(=O)(=O)N2CCCC2C(=O)OCC(=O)NCc2ccccc2)cc1. The highest BCUT2D eigenvalue weighted by molar-refractivity contribution is 7.89. The van der Waals surface area contributed by atoms with E-state index in [0.717, 1.165) is 11.1 Å². The molecule has 0 radical (unpaired) electrons. The van der Waals surface area contributed by atoms with E-state index >= 15 is 0 Å². The average Bonchev–Trinajstić information content (AvgIpc) is 3.22. The monoisotopic (exact) mass is 416 g/mol. The minimum absolute atomic E-state index is 0.142. The van der Waals surface area contributed by atoms with Gasteiger partial charge in [0.05, 0.1) is 4.90 Å². The molecule has 1 unspecified atom stereocenters. The van der Waals surface area contributed by atoms with Crippen molar-refractivity contribution in [2.45, 2.75) is 37.2 Å². The van der Waals surface area contributed by atoms with Gasteiger partial charge in [-0.1, -0.05) is 48.0 Å². The van der Waals surface area contributed by atoms with Crippen molar-refractivity contribution in [1.29, 1.82) is 0 Å². The molecule has 2 aromatic rings. The molecule has 1 heterocycles. The summed E-state index contributed by atoms with van der Waals surface area (Å²) < 4.78 is 32.1. The Morgan fingerprint density at radius 2 is 1.79 bits per heavy atom. The van der Waals surface area contributed by atoms with Crippen molar-refractivity contribution in [2.24, 2.45) is 0 Å². The lowest BCUT2D eigenvalue weighted by molar-refractivity contribution is -0.151. The lowest BCUT2D eigenvalue weighted by Gasteiger charge is -2.22. The predicted molar refractivity (Wildman–Crippen MR) is 107 cm³/mol. The number of nitrogens with zero attached hydrogens (tertiary/aromatic N) is 1. The molecular weight excluding hydrogens is 392 g/mol. The summed E-state index contributed by atoms with van der Waals surface area (Å²) in [7, 11) is -3.80. The second-order valence-corrected chi connectivity index (χ2v) is 8.85. The van der Waals surface area contributed by atoms with Gasteiger partial charge in [0.25, 0.3) is 5.91 Å². The van der Waals surface area contributed by atoms with Crippen molar-refractivity contribution in [2.75, 3.05) is 13.2 Å². The van der Waals surface area contributed by atoms with Crippen LogP contribution in [-0.4, -0.2) is 43.8 Å². The van der Waals surface area contributed by atoms with Crippen LogP contribution in [0.3, 0.4) is 0 Å². The van der Waals surface area contributed by atoms with Gasteiger partial charge < -0.3 is 10.1 Å².